The lowest BCUT2D eigenvalue weighted by atomic mass is 10.1. The van der Waals surface area contributed by atoms with Crippen molar-refractivity contribution in [3.05, 3.63) is 67.1 Å². The van der Waals surface area contributed by atoms with E-state index in [1.807, 2.05) is 48.7 Å². The molecule has 1 fully saturated rings. The average Bonchev–Trinajstić information content (AvgIpc) is 2.84. The summed E-state index contributed by atoms with van der Waals surface area (Å²) in [6, 6.07) is 15.5. The largest absolute Gasteiger partial charge is 0.497 e. The van der Waals surface area contributed by atoms with Gasteiger partial charge in [0, 0.05) is 56.9 Å². The van der Waals surface area contributed by atoms with E-state index >= 15 is 0 Å². The van der Waals surface area contributed by atoms with Gasteiger partial charge in [-0.25, -0.2) is 4.98 Å². The monoisotopic (exact) mass is 420 g/mol. The van der Waals surface area contributed by atoms with E-state index in [9.17, 15) is 5.11 Å². The number of aliphatic hydroxyl groups is 1. The molecule has 1 aromatic carbocycles. The minimum absolute atomic E-state index is 0.263. The Labute approximate surface area is 182 Å². The number of β-amino-alcohol motifs (C(OH)–C–C–N with tert-alkyl or cyclic N) is 1. The first kappa shape index (κ1) is 21.1. The number of ether oxygens (including phenoxy) is 2. The van der Waals surface area contributed by atoms with Crippen molar-refractivity contribution >= 4 is 5.82 Å². The van der Waals surface area contributed by atoms with E-state index in [0.717, 1.165) is 54.6 Å². The van der Waals surface area contributed by atoms with Crippen LogP contribution in [0.1, 0.15) is 0 Å². The normalized spacial score (nSPS) is 15.5. The lowest BCUT2D eigenvalue weighted by molar-refractivity contribution is 0.0662. The summed E-state index contributed by atoms with van der Waals surface area (Å²) in [7, 11) is 1.63. The molecule has 7 nitrogen and oxygen atoms in total. The van der Waals surface area contributed by atoms with Crippen LogP contribution < -0.4 is 14.4 Å². The first-order valence-corrected chi connectivity index (χ1v) is 10.5. The van der Waals surface area contributed by atoms with Gasteiger partial charge in [-0.3, -0.25) is 9.88 Å². The van der Waals surface area contributed by atoms with Crippen LogP contribution in [0.5, 0.6) is 11.5 Å². The number of piperazine rings is 1. The molecule has 0 saturated carbocycles. The van der Waals surface area contributed by atoms with Gasteiger partial charge < -0.3 is 19.5 Å². The Balaban J connectivity index is 1.28. The van der Waals surface area contributed by atoms with Crippen LogP contribution in [0.4, 0.5) is 5.82 Å². The quantitative estimate of drug-likeness (QED) is 0.601. The second-order valence-electron chi connectivity index (χ2n) is 7.54. The third-order valence-corrected chi connectivity index (χ3v) is 5.42. The molecule has 1 aliphatic rings. The molecule has 3 aromatic rings. The Morgan fingerprint density at radius 2 is 1.65 bits per heavy atom. The van der Waals surface area contributed by atoms with E-state index in [1.54, 1.807) is 19.5 Å². The van der Waals surface area contributed by atoms with E-state index in [-0.39, 0.29) is 6.61 Å². The Morgan fingerprint density at radius 1 is 0.935 bits per heavy atom. The lowest BCUT2D eigenvalue weighted by Gasteiger charge is -2.37. The fourth-order valence-electron chi connectivity index (χ4n) is 3.76. The molecule has 1 unspecified atom stereocenters. The molecule has 0 bridgehead atoms. The Morgan fingerprint density at radius 3 is 2.35 bits per heavy atom. The highest BCUT2D eigenvalue weighted by molar-refractivity contribution is 5.75. The molecule has 2 aromatic heterocycles. The number of hydrogen-bond donors (Lipinski definition) is 1. The maximum Gasteiger partial charge on any atom is 0.136 e. The van der Waals surface area contributed by atoms with Crippen molar-refractivity contribution < 1.29 is 14.6 Å². The number of aromatic nitrogens is 2. The topological polar surface area (TPSA) is 71.0 Å². The predicted octanol–water partition coefficient (Wildman–Crippen LogP) is 2.71. The summed E-state index contributed by atoms with van der Waals surface area (Å²) in [5.41, 5.74) is 2.23. The number of aliphatic hydroxyl groups excluding tert-OH is 1. The van der Waals surface area contributed by atoms with Gasteiger partial charge in [-0.05, 0) is 54.1 Å². The average molecular weight is 421 g/mol. The standard InChI is InChI=1S/C24H28N4O3/c1-30-21-4-6-22(7-5-21)31-18-20(29)17-27-13-15-28(16-14-27)24-23(3-2-10-26-24)19-8-11-25-12-9-19/h2-12,20,29H,13-18H2,1H3. The van der Waals surface area contributed by atoms with E-state index in [1.165, 1.54) is 0 Å². The van der Waals surface area contributed by atoms with Crippen LogP contribution in [0.3, 0.4) is 0 Å². The first-order valence-electron chi connectivity index (χ1n) is 10.5. The number of hydrogen-bond acceptors (Lipinski definition) is 7. The van der Waals surface area contributed by atoms with E-state index < -0.39 is 6.10 Å². The first-order chi connectivity index (χ1) is 15.2. The van der Waals surface area contributed by atoms with Gasteiger partial charge in [0.25, 0.3) is 0 Å². The van der Waals surface area contributed by atoms with Crippen LogP contribution in [-0.4, -0.2) is 72.5 Å². The van der Waals surface area contributed by atoms with Gasteiger partial charge >= 0.3 is 0 Å². The molecule has 7 heteroatoms. The molecule has 1 atom stereocenters. The van der Waals surface area contributed by atoms with Gasteiger partial charge in [0.15, 0.2) is 0 Å². The Bertz CT molecular complexity index is 945. The summed E-state index contributed by atoms with van der Waals surface area (Å²) in [5.74, 6) is 2.51. The number of nitrogens with zero attached hydrogens (tertiary/aromatic N) is 4. The van der Waals surface area contributed by atoms with Gasteiger partial charge in [-0.15, -0.1) is 0 Å². The highest BCUT2D eigenvalue weighted by atomic mass is 16.5. The minimum atomic E-state index is -0.545. The third kappa shape index (κ3) is 5.51. The van der Waals surface area contributed by atoms with Crippen LogP contribution in [0.25, 0.3) is 11.1 Å². The summed E-state index contributed by atoms with van der Waals surface area (Å²) in [6.45, 7) is 4.31. The van der Waals surface area contributed by atoms with Crippen molar-refractivity contribution in [1.82, 2.24) is 14.9 Å². The van der Waals surface area contributed by atoms with Gasteiger partial charge in [0.05, 0.1) is 7.11 Å². The van der Waals surface area contributed by atoms with Crippen molar-refractivity contribution in [2.24, 2.45) is 0 Å². The lowest BCUT2D eigenvalue weighted by Crippen LogP contribution is -2.49. The molecule has 0 amide bonds. The van der Waals surface area contributed by atoms with E-state index in [4.69, 9.17) is 9.47 Å². The highest BCUT2D eigenvalue weighted by Crippen LogP contribution is 2.29. The van der Waals surface area contributed by atoms with Crippen LogP contribution in [0.2, 0.25) is 0 Å². The molecular weight excluding hydrogens is 392 g/mol. The number of anilines is 1. The summed E-state index contributed by atoms with van der Waals surface area (Å²) >= 11 is 0. The molecule has 1 aliphatic heterocycles. The smallest absolute Gasteiger partial charge is 0.136 e. The zero-order chi connectivity index (χ0) is 21.5. The minimum Gasteiger partial charge on any atom is -0.497 e. The molecule has 0 radical (unpaired) electrons. The molecule has 0 spiro atoms. The van der Waals surface area contributed by atoms with Crippen LogP contribution in [0, 0.1) is 0 Å². The zero-order valence-electron chi connectivity index (χ0n) is 17.7. The number of pyridine rings is 2. The number of methoxy groups -OCH3 is 1. The van der Waals surface area contributed by atoms with Gasteiger partial charge in [-0.1, -0.05) is 0 Å². The third-order valence-electron chi connectivity index (χ3n) is 5.42. The summed E-state index contributed by atoms with van der Waals surface area (Å²) in [4.78, 5) is 13.3. The fraction of sp³-hybridized carbons (Fsp3) is 0.333. The van der Waals surface area contributed by atoms with E-state index in [0.29, 0.717) is 6.54 Å². The molecule has 31 heavy (non-hydrogen) atoms. The summed E-state index contributed by atoms with van der Waals surface area (Å²) in [5, 5.41) is 10.4. The van der Waals surface area contributed by atoms with Crippen molar-refractivity contribution in [2.75, 3.05) is 51.3 Å². The molecule has 4 rings (SSSR count). The van der Waals surface area contributed by atoms with Crippen molar-refractivity contribution in [1.29, 1.82) is 0 Å². The van der Waals surface area contributed by atoms with Gasteiger partial charge in [0.2, 0.25) is 0 Å². The molecule has 0 aliphatic carbocycles. The summed E-state index contributed by atoms with van der Waals surface area (Å²) in [6.07, 6.45) is 4.90. The maximum absolute atomic E-state index is 10.4. The van der Waals surface area contributed by atoms with Crippen LogP contribution in [0.15, 0.2) is 67.1 Å². The fourth-order valence-corrected chi connectivity index (χ4v) is 3.76. The molecule has 1 N–H and O–H groups in total. The van der Waals surface area contributed by atoms with Crippen molar-refractivity contribution in [3.8, 4) is 22.6 Å². The molecular formula is C24H28N4O3. The highest BCUT2D eigenvalue weighted by Gasteiger charge is 2.22. The van der Waals surface area contributed by atoms with Crippen LogP contribution in [-0.2, 0) is 0 Å². The van der Waals surface area contributed by atoms with E-state index in [2.05, 4.69) is 25.8 Å². The summed E-state index contributed by atoms with van der Waals surface area (Å²) < 4.78 is 10.9. The van der Waals surface area contributed by atoms with Gasteiger partial charge in [-0.2, -0.15) is 0 Å². The predicted molar refractivity (Wildman–Crippen MR) is 121 cm³/mol. The molecule has 162 valence electrons. The SMILES string of the molecule is COc1ccc(OCC(O)CN2CCN(c3ncccc3-c3ccncc3)CC2)cc1. The second kappa shape index (κ2) is 10.2. The second-order valence-corrected chi connectivity index (χ2v) is 7.54. The zero-order valence-corrected chi connectivity index (χ0v) is 17.7. The number of benzene rings is 1. The number of rotatable bonds is 8. The maximum atomic E-state index is 10.4. The van der Waals surface area contributed by atoms with Crippen molar-refractivity contribution in [3.63, 3.8) is 0 Å². The Kier molecular flexibility index (Phi) is 6.96. The van der Waals surface area contributed by atoms with Gasteiger partial charge in [0.1, 0.15) is 30.0 Å². The van der Waals surface area contributed by atoms with Crippen molar-refractivity contribution in [2.45, 2.75) is 6.10 Å². The van der Waals surface area contributed by atoms with Crippen LogP contribution >= 0.6 is 0 Å². The Hall–Kier alpha value is -3.16. The molecule has 3 heterocycles. The molecule has 1 saturated heterocycles.